The SMILES string of the molecule is C=CC(=O)Nc1ccc(C(=O)NC2(c3ccc4c(c3)OCCO4)CCCC2)cc1. The summed E-state index contributed by atoms with van der Waals surface area (Å²) in [6.45, 7) is 4.52. The molecular formula is C23H24N2O4. The van der Waals surface area contributed by atoms with E-state index in [1.165, 1.54) is 6.08 Å². The molecule has 1 saturated carbocycles. The predicted molar refractivity (Wildman–Crippen MR) is 110 cm³/mol. The summed E-state index contributed by atoms with van der Waals surface area (Å²) in [6.07, 6.45) is 5.08. The molecule has 1 heterocycles. The molecular weight excluding hydrogens is 368 g/mol. The lowest BCUT2D eigenvalue weighted by Gasteiger charge is -2.32. The number of rotatable bonds is 5. The second kappa shape index (κ2) is 7.99. The first-order valence-corrected chi connectivity index (χ1v) is 9.86. The van der Waals surface area contributed by atoms with Crippen molar-refractivity contribution in [2.75, 3.05) is 18.5 Å². The smallest absolute Gasteiger partial charge is 0.251 e. The van der Waals surface area contributed by atoms with Gasteiger partial charge in [0.15, 0.2) is 11.5 Å². The number of carbonyl (C=O) groups is 2. The van der Waals surface area contributed by atoms with Crippen LogP contribution in [-0.2, 0) is 10.3 Å². The molecule has 0 atom stereocenters. The molecule has 6 nitrogen and oxygen atoms in total. The number of fused-ring (bicyclic) bond motifs is 1. The quantitative estimate of drug-likeness (QED) is 0.759. The summed E-state index contributed by atoms with van der Waals surface area (Å²) < 4.78 is 11.4. The average molecular weight is 392 g/mol. The Morgan fingerprint density at radius 2 is 1.66 bits per heavy atom. The highest BCUT2D eigenvalue weighted by Crippen LogP contribution is 2.42. The van der Waals surface area contributed by atoms with Gasteiger partial charge >= 0.3 is 0 Å². The van der Waals surface area contributed by atoms with E-state index in [1.807, 2.05) is 18.2 Å². The van der Waals surface area contributed by atoms with E-state index in [0.29, 0.717) is 24.5 Å². The highest BCUT2D eigenvalue weighted by molar-refractivity contribution is 5.99. The molecule has 0 spiro atoms. The maximum atomic E-state index is 13.0. The Morgan fingerprint density at radius 3 is 2.34 bits per heavy atom. The van der Waals surface area contributed by atoms with Gasteiger partial charge in [0.05, 0.1) is 5.54 Å². The van der Waals surface area contributed by atoms with E-state index in [0.717, 1.165) is 42.7 Å². The van der Waals surface area contributed by atoms with Crippen LogP contribution in [0.4, 0.5) is 5.69 Å². The van der Waals surface area contributed by atoms with E-state index in [9.17, 15) is 9.59 Å². The molecule has 0 aromatic heterocycles. The first kappa shape index (κ1) is 19.1. The molecule has 2 aromatic carbocycles. The summed E-state index contributed by atoms with van der Waals surface area (Å²) in [5, 5.41) is 5.94. The molecule has 0 saturated heterocycles. The van der Waals surface area contributed by atoms with Crippen molar-refractivity contribution >= 4 is 17.5 Å². The second-order valence-electron chi connectivity index (χ2n) is 7.37. The van der Waals surface area contributed by atoms with Crippen molar-refractivity contribution in [3.63, 3.8) is 0 Å². The molecule has 4 rings (SSSR count). The molecule has 29 heavy (non-hydrogen) atoms. The van der Waals surface area contributed by atoms with Gasteiger partial charge in [-0.1, -0.05) is 25.5 Å². The van der Waals surface area contributed by atoms with Gasteiger partial charge in [-0.2, -0.15) is 0 Å². The fourth-order valence-corrected chi connectivity index (χ4v) is 3.99. The van der Waals surface area contributed by atoms with E-state index in [1.54, 1.807) is 24.3 Å². The summed E-state index contributed by atoms with van der Waals surface area (Å²) in [4.78, 5) is 24.4. The number of hydrogen-bond acceptors (Lipinski definition) is 4. The number of hydrogen-bond donors (Lipinski definition) is 2. The van der Waals surface area contributed by atoms with Crippen molar-refractivity contribution in [1.29, 1.82) is 0 Å². The van der Waals surface area contributed by atoms with E-state index in [4.69, 9.17) is 9.47 Å². The number of benzene rings is 2. The Morgan fingerprint density at radius 1 is 0.966 bits per heavy atom. The molecule has 2 aromatic rings. The van der Waals surface area contributed by atoms with Gasteiger partial charge in [-0.3, -0.25) is 9.59 Å². The van der Waals surface area contributed by atoms with Crippen LogP contribution >= 0.6 is 0 Å². The number of amides is 2. The van der Waals surface area contributed by atoms with Crippen LogP contribution in [0.5, 0.6) is 11.5 Å². The Bertz CT molecular complexity index is 930. The first-order valence-electron chi connectivity index (χ1n) is 9.86. The third-order valence-corrected chi connectivity index (χ3v) is 5.50. The van der Waals surface area contributed by atoms with Gasteiger partial charge in [0, 0.05) is 11.3 Å². The van der Waals surface area contributed by atoms with Crippen molar-refractivity contribution in [2.24, 2.45) is 0 Å². The van der Waals surface area contributed by atoms with Gasteiger partial charge in [0.2, 0.25) is 5.91 Å². The van der Waals surface area contributed by atoms with Crippen LogP contribution in [0.15, 0.2) is 55.1 Å². The van der Waals surface area contributed by atoms with Crippen LogP contribution in [0.2, 0.25) is 0 Å². The highest BCUT2D eigenvalue weighted by atomic mass is 16.6. The zero-order valence-electron chi connectivity index (χ0n) is 16.2. The van der Waals surface area contributed by atoms with Gasteiger partial charge < -0.3 is 20.1 Å². The normalized spacial score (nSPS) is 16.7. The minimum Gasteiger partial charge on any atom is -0.486 e. The number of anilines is 1. The van der Waals surface area contributed by atoms with Crippen molar-refractivity contribution in [1.82, 2.24) is 5.32 Å². The minimum atomic E-state index is -0.414. The molecule has 1 aliphatic heterocycles. The van der Waals surface area contributed by atoms with Crippen LogP contribution in [0, 0.1) is 0 Å². The maximum absolute atomic E-state index is 13.0. The second-order valence-corrected chi connectivity index (χ2v) is 7.37. The summed E-state index contributed by atoms with van der Waals surface area (Å²) in [5.41, 5.74) is 1.80. The van der Waals surface area contributed by atoms with Crippen molar-refractivity contribution in [2.45, 2.75) is 31.2 Å². The lowest BCUT2D eigenvalue weighted by molar-refractivity contribution is -0.111. The largest absolute Gasteiger partial charge is 0.486 e. The molecule has 1 aliphatic carbocycles. The van der Waals surface area contributed by atoms with Crippen molar-refractivity contribution in [3.8, 4) is 11.5 Å². The predicted octanol–water partition coefficient (Wildman–Crippen LogP) is 3.78. The summed E-state index contributed by atoms with van der Waals surface area (Å²) in [5.74, 6) is 1.06. The summed E-state index contributed by atoms with van der Waals surface area (Å²) >= 11 is 0. The molecule has 150 valence electrons. The van der Waals surface area contributed by atoms with Gasteiger partial charge in [-0.05, 0) is 60.9 Å². The van der Waals surface area contributed by atoms with Crippen molar-refractivity contribution in [3.05, 3.63) is 66.2 Å². The monoisotopic (exact) mass is 392 g/mol. The number of carbonyl (C=O) groups excluding carboxylic acids is 2. The molecule has 1 fully saturated rings. The molecule has 6 heteroatoms. The zero-order chi connectivity index (χ0) is 20.3. The summed E-state index contributed by atoms with van der Waals surface area (Å²) in [7, 11) is 0. The summed E-state index contributed by atoms with van der Waals surface area (Å²) in [6, 6.07) is 12.8. The zero-order valence-corrected chi connectivity index (χ0v) is 16.2. The Hall–Kier alpha value is -3.28. The van der Waals surface area contributed by atoms with Gasteiger partial charge in [-0.25, -0.2) is 0 Å². The van der Waals surface area contributed by atoms with Crippen LogP contribution in [0.25, 0.3) is 0 Å². The maximum Gasteiger partial charge on any atom is 0.251 e. The molecule has 2 aliphatic rings. The van der Waals surface area contributed by atoms with E-state index in [2.05, 4.69) is 17.2 Å². The highest BCUT2D eigenvalue weighted by Gasteiger charge is 2.38. The fourth-order valence-electron chi connectivity index (χ4n) is 3.99. The van der Waals surface area contributed by atoms with E-state index < -0.39 is 5.54 Å². The third-order valence-electron chi connectivity index (χ3n) is 5.50. The van der Waals surface area contributed by atoms with Gasteiger partial charge in [0.1, 0.15) is 13.2 Å². The fraction of sp³-hybridized carbons (Fsp3) is 0.304. The van der Waals surface area contributed by atoms with Gasteiger partial charge in [0.25, 0.3) is 5.91 Å². The molecule has 2 amide bonds. The van der Waals surface area contributed by atoms with Crippen LogP contribution < -0.4 is 20.1 Å². The Kier molecular flexibility index (Phi) is 5.25. The van der Waals surface area contributed by atoms with Gasteiger partial charge in [-0.15, -0.1) is 0 Å². The molecule has 0 radical (unpaired) electrons. The average Bonchev–Trinajstić information content (AvgIpc) is 3.23. The van der Waals surface area contributed by atoms with Crippen LogP contribution in [-0.4, -0.2) is 25.0 Å². The topological polar surface area (TPSA) is 76.7 Å². The Labute approximate surface area is 169 Å². The third kappa shape index (κ3) is 3.97. The van der Waals surface area contributed by atoms with E-state index in [-0.39, 0.29) is 11.8 Å². The van der Waals surface area contributed by atoms with Crippen LogP contribution in [0.3, 0.4) is 0 Å². The van der Waals surface area contributed by atoms with E-state index >= 15 is 0 Å². The minimum absolute atomic E-state index is 0.136. The van der Waals surface area contributed by atoms with Crippen molar-refractivity contribution < 1.29 is 19.1 Å². The van der Waals surface area contributed by atoms with Crippen LogP contribution in [0.1, 0.15) is 41.6 Å². The number of ether oxygens (including phenoxy) is 2. The molecule has 0 bridgehead atoms. The Balaban J connectivity index is 1.54. The molecule has 0 unspecified atom stereocenters. The standard InChI is InChI=1S/C23H24N2O4/c1-2-21(26)24-18-8-5-16(6-9-18)22(27)25-23(11-3-4-12-23)17-7-10-19-20(15-17)29-14-13-28-19/h2,5-10,15H,1,3-4,11-14H2,(H,24,26)(H,25,27). The lowest BCUT2D eigenvalue weighted by Crippen LogP contribution is -2.43. The lowest BCUT2D eigenvalue weighted by atomic mass is 9.87. The number of nitrogens with one attached hydrogen (secondary N) is 2. The molecule has 2 N–H and O–H groups in total. The first-order chi connectivity index (χ1) is 14.1.